The minimum Gasteiger partial charge on any atom is -0.475 e. The van der Waals surface area contributed by atoms with Crippen LogP contribution in [0.1, 0.15) is 5.56 Å². The van der Waals surface area contributed by atoms with Gasteiger partial charge in [-0.05, 0) is 6.07 Å². The van der Waals surface area contributed by atoms with E-state index in [4.69, 9.17) is 16.3 Å². The molecule has 0 bridgehead atoms. The number of aliphatic imine (C=N–C) groups is 1. The highest BCUT2D eigenvalue weighted by Crippen LogP contribution is 2.24. The second-order valence-corrected chi connectivity index (χ2v) is 3.93. The van der Waals surface area contributed by atoms with Crippen LogP contribution in [-0.4, -0.2) is 36.1 Å². The Balaban J connectivity index is 2.32. The van der Waals surface area contributed by atoms with Gasteiger partial charge < -0.3 is 10.1 Å². The van der Waals surface area contributed by atoms with Gasteiger partial charge in [-0.2, -0.15) is 13.2 Å². The van der Waals surface area contributed by atoms with Crippen LogP contribution >= 0.6 is 11.6 Å². The minimum atomic E-state index is -4.99. The molecule has 1 aliphatic heterocycles. The van der Waals surface area contributed by atoms with Crippen molar-refractivity contribution in [2.45, 2.75) is 6.18 Å². The first-order chi connectivity index (χ1) is 8.88. The molecule has 0 aliphatic carbocycles. The lowest BCUT2D eigenvalue weighted by atomic mass is 10.2. The molecule has 0 saturated heterocycles. The number of nitrogens with one attached hydrogen (secondary N) is 1. The third-order valence-electron chi connectivity index (χ3n) is 2.19. The number of rotatable bonds is 2. The number of hydrogen-bond donors (Lipinski definition) is 1. The molecular weight excluding hydrogens is 287 g/mol. The quantitative estimate of drug-likeness (QED) is 0.849. The van der Waals surface area contributed by atoms with E-state index in [2.05, 4.69) is 9.98 Å². The number of carbonyl (C=O) groups is 1. The van der Waals surface area contributed by atoms with Gasteiger partial charge in [0.25, 0.3) is 0 Å². The highest BCUT2D eigenvalue weighted by molar-refractivity contribution is 6.30. The molecule has 19 heavy (non-hydrogen) atoms. The molecule has 1 amide bonds. The fraction of sp³-hybridized carbons (Fsp3) is 0.300. The molecule has 1 aliphatic rings. The van der Waals surface area contributed by atoms with E-state index in [0.29, 0.717) is 13.2 Å². The summed E-state index contributed by atoms with van der Waals surface area (Å²) in [6.45, 7) is 0.712. The Hall–Kier alpha value is -1.83. The SMILES string of the molecule is O=C(Nc1cnc(Cl)cc1C1=NCCO1)C(F)(F)F. The average molecular weight is 294 g/mol. The van der Waals surface area contributed by atoms with Crippen LogP contribution < -0.4 is 5.32 Å². The minimum absolute atomic E-state index is 0.0539. The lowest BCUT2D eigenvalue weighted by molar-refractivity contribution is -0.167. The fourth-order valence-corrected chi connectivity index (χ4v) is 1.56. The van der Waals surface area contributed by atoms with Gasteiger partial charge in [0.2, 0.25) is 5.90 Å². The number of anilines is 1. The van der Waals surface area contributed by atoms with Crippen molar-refractivity contribution in [2.75, 3.05) is 18.5 Å². The van der Waals surface area contributed by atoms with Crippen molar-refractivity contribution in [3.63, 3.8) is 0 Å². The van der Waals surface area contributed by atoms with Crippen LogP contribution in [0.25, 0.3) is 0 Å². The standard InChI is InChI=1S/C10H7ClF3N3O2/c11-7-3-5(8-15-1-2-19-8)6(4-16-7)17-9(18)10(12,13)14/h3-4H,1-2H2,(H,17,18). The van der Waals surface area contributed by atoms with Gasteiger partial charge in [-0.25, -0.2) is 9.98 Å². The van der Waals surface area contributed by atoms with E-state index >= 15 is 0 Å². The fourth-order valence-electron chi connectivity index (χ4n) is 1.40. The molecule has 1 aromatic heterocycles. The summed E-state index contributed by atoms with van der Waals surface area (Å²) in [4.78, 5) is 18.5. The normalized spacial score (nSPS) is 14.8. The Bertz CT molecular complexity index is 545. The second kappa shape index (κ2) is 5.04. The molecule has 1 N–H and O–H groups in total. The van der Waals surface area contributed by atoms with Gasteiger partial charge in [0.15, 0.2) is 0 Å². The van der Waals surface area contributed by atoms with Crippen molar-refractivity contribution in [1.82, 2.24) is 4.98 Å². The van der Waals surface area contributed by atoms with Gasteiger partial charge in [0.1, 0.15) is 11.8 Å². The molecule has 2 rings (SSSR count). The second-order valence-electron chi connectivity index (χ2n) is 3.54. The number of amides is 1. The molecular formula is C10H7ClF3N3O2. The summed E-state index contributed by atoms with van der Waals surface area (Å²) in [5, 5.41) is 1.76. The van der Waals surface area contributed by atoms with Crippen molar-refractivity contribution in [3.05, 3.63) is 23.0 Å². The van der Waals surface area contributed by atoms with Gasteiger partial charge >= 0.3 is 12.1 Å². The van der Waals surface area contributed by atoms with Gasteiger partial charge in [0.05, 0.1) is 24.0 Å². The van der Waals surface area contributed by atoms with E-state index in [1.165, 1.54) is 6.07 Å². The lowest BCUT2D eigenvalue weighted by Crippen LogP contribution is -2.30. The molecule has 0 spiro atoms. The smallest absolute Gasteiger partial charge is 0.471 e. The molecule has 5 nitrogen and oxygen atoms in total. The van der Waals surface area contributed by atoms with Crippen molar-refractivity contribution in [1.29, 1.82) is 0 Å². The first-order valence-corrected chi connectivity index (χ1v) is 5.47. The van der Waals surface area contributed by atoms with Crippen LogP contribution in [0.5, 0.6) is 0 Å². The highest BCUT2D eigenvalue weighted by atomic mass is 35.5. The number of alkyl halides is 3. The van der Waals surface area contributed by atoms with E-state index in [0.717, 1.165) is 6.20 Å². The van der Waals surface area contributed by atoms with Crippen LogP contribution in [0.3, 0.4) is 0 Å². The maximum atomic E-state index is 12.2. The number of aromatic nitrogens is 1. The van der Waals surface area contributed by atoms with E-state index in [1.54, 1.807) is 5.32 Å². The zero-order chi connectivity index (χ0) is 14.0. The third kappa shape index (κ3) is 3.14. The van der Waals surface area contributed by atoms with E-state index in [1.807, 2.05) is 0 Å². The average Bonchev–Trinajstić information content (AvgIpc) is 2.83. The van der Waals surface area contributed by atoms with E-state index < -0.39 is 12.1 Å². The van der Waals surface area contributed by atoms with E-state index in [9.17, 15) is 18.0 Å². The monoisotopic (exact) mass is 293 g/mol. The molecule has 1 aromatic rings. The van der Waals surface area contributed by atoms with Crippen molar-refractivity contribution < 1.29 is 22.7 Å². The number of hydrogen-bond acceptors (Lipinski definition) is 4. The Labute approximate surface area is 110 Å². The Morgan fingerprint density at radius 2 is 2.21 bits per heavy atom. The number of pyridine rings is 1. The molecule has 0 fully saturated rings. The maximum absolute atomic E-state index is 12.2. The summed E-state index contributed by atoms with van der Waals surface area (Å²) in [6.07, 6.45) is -3.97. The first-order valence-electron chi connectivity index (χ1n) is 5.09. The zero-order valence-electron chi connectivity index (χ0n) is 9.29. The predicted octanol–water partition coefficient (Wildman–Crippen LogP) is 2.01. The zero-order valence-corrected chi connectivity index (χ0v) is 10.0. The number of ether oxygens (including phenoxy) is 1. The third-order valence-corrected chi connectivity index (χ3v) is 2.40. The van der Waals surface area contributed by atoms with Crippen molar-refractivity contribution in [3.8, 4) is 0 Å². The Morgan fingerprint density at radius 1 is 1.47 bits per heavy atom. The molecule has 0 atom stereocenters. The summed E-state index contributed by atoms with van der Waals surface area (Å²) in [7, 11) is 0. The topological polar surface area (TPSA) is 63.6 Å². The van der Waals surface area contributed by atoms with Crippen LogP contribution in [0, 0.1) is 0 Å². The van der Waals surface area contributed by atoms with E-state index in [-0.39, 0.29) is 22.3 Å². The van der Waals surface area contributed by atoms with Gasteiger partial charge in [-0.1, -0.05) is 11.6 Å². The van der Waals surface area contributed by atoms with Gasteiger partial charge in [-0.15, -0.1) is 0 Å². The largest absolute Gasteiger partial charge is 0.475 e. The molecule has 0 radical (unpaired) electrons. The maximum Gasteiger partial charge on any atom is 0.471 e. The predicted molar refractivity (Wildman–Crippen MR) is 61.3 cm³/mol. The molecule has 102 valence electrons. The summed E-state index contributed by atoms with van der Waals surface area (Å²) in [6, 6.07) is 1.28. The van der Waals surface area contributed by atoms with Crippen LogP contribution in [-0.2, 0) is 9.53 Å². The molecule has 0 saturated carbocycles. The van der Waals surface area contributed by atoms with Crippen LogP contribution in [0.4, 0.5) is 18.9 Å². The molecule has 9 heteroatoms. The summed E-state index contributed by atoms with van der Waals surface area (Å²) >= 11 is 5.67. The summed E-state index contributed by atoms with van der Waals surface area (Å²) in [5.74, 6) is -1.97. The highest BCUT2D eigenvalue weighted by Gasteiger charge is 2.39. The number of halogens is 4. The Kier molecular flexibility index (Phi) is 3.61. The molecule has 0 aromatic carbocycles. The molecule has 2 heterocycles. The van der Waals surface area contributed by atoms with Crippen molar-refractivity contribution >= 4 is 29.1 Å². The van der Waals surface area contributed by atoms with Crippen LogP contribution in [0.15, 0.2) is 17.3 Å². The van der Waals surface area contributed by atoms with Gasteiger partial charge in [0, 0.05) is 0 Å². The summed E-state index contributed by atoms with van der Waals surface area (Å²) < 4.78 is 41.7. The Morgan fingerprint density at radius 3 is 2.79 bits per heavy atom. The van der Waals surface area contributed by atoms with Crippen LogP contribution in [0.2, 0.25) is 5.15 Å². The molecule has 0 unspecified atom stereocenters. The number of carbonyl (C=O) groups excluding carboxylic acids is 1. The number of nitrogens with zero attached hydrogens (tertiary/aromatic N) is 2. The first kappa shape index (κ1) is 13.6. The van der Waals surface area contributed by atoms with Gasteiger partial charge in [-0.3, -0.25) is 4.79 Å². The van der Waals surface area contributed by atoms with Crippen molar-refractivity contribution in [2.24, 2.45) is 4.99 Å². The summed E-state index contributed by atoms with van der Waals surface area (Å²) in [5.41, 5.74) is 0.00229. The lowest BCUT2D eigenvalue weighted by Gasteiger charge is -2.12.